The van der Waals surface area contributed by atoms with E-state index in [0.29, 0.717) is 12.3 Å². The summed E-state index contributed by atoms with van der Waals surface area (Å²) in [6.07, 6.45) is 0.726. The smallest absolute Gasteiger partial charge is 0.308 e. The van der Waals surface area contributed by atoms with Crippen LogP contribution >= 0.6 is 0 Å². The number of ether oxygens (including phenoxy) is 2. The number of rotatable bonds is 2. The fourth-order valence-corrected chi connectivity index (χ4v) is 3.33. The minimum absolute atomic E-state index is 0.176. The molecular formula is C20H31NO3. The highest BCUT2D eigenvalue weighted by molar-refractivity contribution is 5.72. The second-order valence-corrected chi connectivity index (χ2v) is 9.13. The van der Waals surface area contributed by atoms with Crippen molar-refractivity contribution in [3.05, 3.63) is 22.8 Å². The molecule has 4 heteroatoms. The maximum absolute atomic E-state index is 11.8. The Labute approximate surface area is 145 Å². The van der Waals surface area contributed by atoms with Gasteiger partial charge in [0.1, 0.15) is 17.1 Å². The van der Waals surface area contributed by atoms with Gasteiger partial charge in [-0.05, 0) is 23.8 Å². The Bertz CT molecular complexity index is 665. The number of fused-ring (bicyclic) bond motifs is 1. The first kappa shape index (κ1) is 18.8. The van der Waals surface area contributed by atoms with Gasteiger partial charge >= 0.3 is 5.97 Å². The van der Waals surface area contributed by atoms with Crippen LogP contribution in [0.1, 0.15) is 72.1 Å². The van der Waals surface area contributed by atoms with Gasteiger partial charge in [0.25, 0.3) is 0 Å². The summed E-state index contributed by atoms with van der Waals surface area (Å²) in [7, 11) is 0. The van der Waals surface area contributed by atoms with Gasteiger partial charge in [0.05, 0.1) is 0 Å². The fourth-order valence-electron chi connectivity index (χ4n) is 3.33. The van der Waals surface area contributed by atoms with E-state index in [1.807, 2.05) is 13.0 Å². The molecule has 0 radical (unpaired) electrons. The largest absolute Gasteiger partial charge is 0.486 e. The van der Waals surface area contributed by atoms with Gasteiger partial charge in [-0.25, -0.2) is 0 Å². The molecular weight excluding hydrogens is 302 g/mol. The molecule has 0 saturated carbocycles. The van der Waals surface area contributed by atoms with Crippen LogP contribution in [0, 0.1) is 0 Å². The van der Waals surface area contributed by atoms with Crippen LogP contribution in [0.3, 0.4) is 0 Å². The highest BCUT2D eigenvalue weighted by Crippen LogP contribution is 2.49. The molecule has 2 rings (SSSR count). The van der Waals surface area contributed by atoms with Crippen molar-refractivity contribution in [2.75, 3.05) is 6.54 Å². The number of nitrogens with two attached hydrogens (primary N) is 1. The van der Waals surface area contributed by atoms with Gasteiger partial charge in [0, 0.05) is 36.6 Å². The van der Waals surface area contributed by atoms with Gasteiger partial charge in [0.2, 0.25) is 0 Å². The molecule has 0 bridgehead atoms. The highest BCUT2D eigenvalue weighted by atomic mass is 16.5. The van der Waals surface area contributed by atoms with Crippen LogP contribution in [0.2, 0.25) is 0 Å². The molecule has 1 aromatic carbocycles. The molecule has 1 aliphatic rings. The van der Waals surface area contributed by atoms with Crippen LogP contribution in [-0.4, -0.2) is 18.1 Å². The van der Waals surface area contributed by atoms with Gasteiger partial charge < -0.3 is 15.2 Å². The van der Waals surface area contributed by atoms with E-state index in [0.717, 1.165) is 28.9 Å². The van der Waals surface area contributed by atoms with Crippen LogP contribution < -0.4 is 15.2 Å². The molecule has 0 saturated heterocycles. The molecule has 1 aromatic rings. The fraction of sp³-hybridized carbons (Fsp3) is 0.650. The van der Waals surface area contributed by atoms with E-state index in [4.69, 9.17) is 15.2 Å². The summed E-state index contributed by atoms with van der Waals surface area (Å²) < 4.78 is 11.9. The zero-order valence-corrected chi connectivity index (χ0v) is 16.3. The zero-order valence-electron chi connectivity index (χ0n) is 16.3. The van der Waals surface area contributed by atoms with Crippen molar-refractivity contribution in [3.8, 4) is 11.5 Å². The summed E-state index contributed by atoms with van der Waals surface area (Å²) in [6, 6.07) is 2.03. The molecule has 2 N–H and O–H groups in total. The van der Waals surface area contributed by atoms with E-state index in [2.05, 4.69) is 41.5 Å². The van der Waals surface area contributed by atoms with Crippen molar-refractivity contribution >= 4 is 5.97 Å². The van der Waals surface area contributed by atoms with Crippen LogP contribution in [0.25, 0.3) is 0 Å². The number of carbonyl (C=O) groups excluding carboxylic acids is 1. The number of benzene rings is 1. The van der Waals surface area contributed by atoms with E-state index >= 15 is 0 Å². The van der Waals surface area contributed by atoms with E-state index in [1.54, 1.807) is 0 Å². The zero-order chi connectivity index (χ0) is 18.5. The second kappa shape index (κ2) is 5.76. The average Bonchev–Trinajstić information content (AvgIpc) is 2.71. The van der Waals surface area contributed by atoms with E-state index in [1.165, 1.54) is 6.92 Å². The lowest BCUT2D eigenvalue weighted by Crippen LogP contribution is -2.39. The molecule has 1 atom stereocenters. The Balaban J connectivity index is 2.83. The van der Waals surface area contributed by atoms with Crippen molar-refractivity contribution < 1.29 is 14.3 Å². The van der Waals surface area contributed by atoms with Crippen LogP contribution in [0.4, 0.5) is 0 Å². The van der Waals surface area contributed by atoms with Crippen molar-refractivity contribution in [3.63, 3.8) is 0 Å². The number of carbonyl (C=O) groups is 1. The van der Waals surface area contributed by atoms with Crippen molar-refractivity contribution in [1.29, 1.82) is 0 Å². The summed E-state index contributed by atoms with van der Waals surface area (Å²) in [5.74, 6) is 1.26. The molecule has 0 spiro atoms. The third kappa shape index (κ3) is 3.44. The SMILES string of the molecule is CC(=O)Oc1c(C(C)(C)C)cc2c(c1C(C)(C)C)CC(C)(CN)O2. The third-order valence-corrected chi connectivity index (χ3v) is 4.49. The monoisotopic (exact) mass is 333 g/mol. The second-order valence-electron chi connectivity index (χ2n) is 9.13. The average molecular weight is 333 g/mol. The topological polar surface area (TPSA) is 61.5 Å². The molecule has 0 aliphatic carbocycles. The third-order valence-electron chi connectivity index (χ3n) is 4.49. The standard InChI is InChI=1S/C20H31NO3/c1-12(22)23-17-14(18(2,3)4)9-15-13(16(17)19(5,6)7)10-20(8,11-21)24-15/h9H,10-11,21H2,1-8H3. The maximum Gasteiger partial charge on any atom is 0.308 e. The minimum atomic E-state index is -0.410. The van der Waals surface area contributed by atoms with E-state index in [-0.39, 0.29) is 16.8 Å². The van der Waals surface area contributed by atoms with Crippen LogP contribution in [0.15, 0.2) is 6.07 Å². The normalized spacial score (nSPS) is 20.5. The molecule has 0 amide bonds. The minimum Gasteiger partial charge on any atom is -0.486 e. The van der Waals surface area contributed by atoms with Gasteiger partial charge in [-0.15, -0.1) is 0 Å². The molecule has 1 unspecified atom stereocenters. The molecule has 4 nitrogen and oxygen atoms in total. The number of hydrogen-bond acceptors (Lipinski definition) is 4. The van der Waals surface area contributed by atoms with Gasteiger partial charge in [-0.3, -0.25) is 4.79 Å². The maximum atomic E-state index is 11.8. The van der Waals surface area contributed by atoms with Crippen LogP contribution in [-0.2, 0) is 22.0 Å². The lowest BCUT2D eigenvalue weighted by molar-refractivity contribution is -0.132. The summed E-state index contributed by atoms with van der Waals surface area (Å²) in [4.78, 5) is 11.8. The van der Waals surface area contributed by atoms with Gasteiger partial charge in [-0.1, -0.05) is 41.5 Å². The van der Waals surface area contributed by atoms with Crippen molar-refractivity contribution in [2.24, 2.45) is 5.73 Å². The Morgan fingerprint density at radius 3 is 2.25 bits per heavy atom. The van der Waals surface area contributed by atoms with E-state index < -0.39 is 5.60 Å². The Kier molecular flexibility index (Phi) is 4.51. The summed E-state index contributed by atoms with van der Waals surface area (Å²) >= 11 is 0. The first-order chi connectivity index (χ1) is 10.8. The lowest BCUT2D eigenvalue weighted by Gasteiger charge is -2.30. The molecule has 1 aliphatic heterocycles. The molecule has 0 fully saturated rings. The summed E-state index contributed by atoms with van der Waals surface area (Å²) in [5, 5.41) is 0. The summed E-state index contributed by atoms with van der Waals surface area (Å²) in [5.41, 5.74) is 8.32. The predicted octanol–water partition coefficient (Wildman–Crippen LogP) is 3.86. The van der Waals surface area contributed by atoms with E-state index in [9.17, 15) is 4.79 Å². The van der Waals surface area contributed by atoms with Gasteiger partial charge in [0.15, 0.2) is 0 Å². The summed E-state index contributed by atoms with van der Waals surface area (Å²) in [6.45, 7) is 16.7. The van der Waals surface area contributed by atoms with Crippen LogP contribution in [0.5, 0.6) is 11.5 Å². The van der Waals surface area contributed by atoms with Gasteiger partial charge in [-0.2, -0.15) is 0 Å². The molecule has 24 heavy (non-hydrogen) atoms. The number of esters is 1. The Hall–Kier alpha value is -1.55. The Morgan fingerprint density at radius 2 is 1.83 bits per heavy atom. The molecule has 0 aromatic heterocycles. The first-order valence-electron chi connectivity index (χ1n) is 8.57. The number of hydrogen-bond donors (Lipinski definition) is 1. The molecule has 134 valence electrons. The predicted molar refractivity (Wildman–Crippen MR) is 96.9 cm³/mol. The van der Waals surface area contributed by atoms with Crippen molar-refractivity contribution in [1.82, 2.24) is 0 Å². The Morgan fingerprint density at radius 1 is 1.25 bits per heavy atom. The van der Waals surface area contributed by atoms with Crippen molar-refractivity contribution in [2.45, 2.75) is 78.2 Å². The quantitative estimate of drug-likeness (QED) is 0.659. The first-order valence-corrected chi connectivity index (χ1v) is 8.57. The molecule has 1 heterocycles. The lowest BCUT2D eigenvalue weighted by atomic mass is 9.76. The highest BCUT2D eigenvalue weighted by Gasteiger charge is 2.41.